The van der Waals surface area contributed by atoms with E-state index >= 15 is 0 Å². The van der Waals surface area contributed by atoms with E-state index in [9.17, 15) is 4.79 Å². The van der Waals surface area contributed by atoms with Gasteiger partial charge in [0.25, 0.3) is 0 Å². The van der Waals surface area contributed by atoms with Crippen molar-refractivity contribution in [2.75, 3.05) is 24.8 Å². The third-order valence-electron chi connectivity index (χ3n) is 6.26. The monoisotopic (exact) mass is 600 g/mol. The lowest BCUT2D eigenvalue weighted by atomic mass is 9.95. The highest BCUT2D eigenvalue weighted by Crippen LogP contribution is 2.43. The molecule has 0 spiro atoms. The Morgan fingerprint density at radius 2 is 2.00 bits per heavy atom. The third-order valence-corrected chi connectivity index (χ3v) is 7.57. The number of benzene rings is 2. The van der Waals surface area contributed by atoms with Crippen LogP contribution in [-0.2, 0) is 16.1 Å². The number of anilines is 1. The van der Waals surface area contributed by atoms with Crippen LogP contribution in [0.2, 0.25) is 0 Å². The Morgan fingerprint density at radius 1 is 1.21 bits per heavy atom. The number of aromatic nitrogens is 3. The summed E-state index contributed by atoms with van der Waals surface area (Å²) in [7, 11) is 1.60. The summed E-state index contributed by atoms with van der Waals surface area (Å²) < 4.78 is 20.1. The van der Waals surface area contributed by atoms with Crippen LogP contribution in [0.15, 0.2) is 57.3 Å². The van der Waals surface area contributed by atoms with Gasteiger partial charge in [-0.15, -0.1) is 5.10 Å². The summed E-state index contributed by atoms with van der Waals surface area (Å²) in [5.41, 5.74) is 4.20. The van der Waals surface area contributed by atoms with Gasteiger partial charge in [-0.25, -0.2) is 9.48 Å². The highest BCUT2D eigenvalue weighted by molar-refractivity contribution is 9.10. The molecular formula is C28H33BrN4O4S. The molecule has 202 valence electrons. The molecule has 0 fully saturated rings. The van der Waals surface area contributed by atoms with E-state index in [2.05, 4.69) is 46.1 Å². The second-order valence-corrected chi connectivity index (χ2v) is 11.0. The van der Waals surface area contributed by atoms with Crippen LogP contribution in [0.25, 0.3) is 0 Å². The van der Waals surface area contributed by atoms with Gasteiger partial charge in [-0.3, -0.25) is 0 Å². The van der Waals surface area contributed by atoms with E-state index in [1.807, 2.05) is 44.2 Å². The molecular weight excluding hydrogens is 568 g/mol. The van der Waals surface area contributed by atoms with E-state index in [0.717, 1.165) is 35.3 Å². The summed E-state index contributed by atoms with van der Waals surface area (Å²) in [6.45, 7) is 8.78. The molecule has 10 heteroatoms. The summed E-state index contributed by atoms with van der Waals surface area (Å²) in [6.07, 6.45) is 1.74. The van der Waals surface area contributed by atoms with Crippen molar-refractivity contribution in [1.82, 2.24) is 14.8 Å². The number of carbonyl (C=O) groups excluding carboxylic acids is 1. The molecule has 0 amide bonds. The molecule has 1 atom stereocenters. The summed E-state index contributed by atoms with van der Waals surface area (Å²) in [5.74, 6) is 2.15. The van der Waals surface area contributed by atoms with Crippen molar-refractivity contribution in [3.63, 3.8) is 0 Å². The largest absolute Gasteiger partial charge is 0.493 e. The van der Waals surface area contributed by atoms with Crippen LogP contribution in [-0.4, -0.2) is 40.2 Å². The van der Waals surface area contributed by atoms with Gasteiger partial charge in [0, 0.05) is 5.70 Å². The molecule has 1 aliphatic rings. The number of ether oxygens (including phenoxy) is 3. The lowest BCUT2D eigenvalue weighted by Gasteiger charge is -2.29. The molecule has 4 rings (SSSR count). The fourth-order valence-electron chi connectivity index (χ4n) is 4.24. The first-order valence-electron chi connectivity index (χ1n) is 12.7. The summed E-state index contributed by atoms with van der Waals surface area (Å²) in [6, 6.07) is 11.4. The number of esters is 1. The number of unbranched alkanes of at least 4 members (excludes halogenated alkanes) is 1. The molecule has 1 N–H and O–H groups in total. The van der Waals surface area contributed by atoms with E-state index in [-0.39, 0.29) is 5.97 Å². The Kier molecular flexibility index (Phi) is 9.38. The van der Waals surface area contributed by atoms with Crippen molar-refractivity contribution >= 4 is 39.6 Å². The minimum absolute atomic E-state index is 0.360. The normalized spacial score (nSPS) is 14.6. The maximum Gasteiger partial charge on any atom is 0.338 e. The first kappa shape index (κ1) is 28.0. The van der Waals surface area contributed by atoms with Crippen molar-refractivity contribution in [1.29, 1.82) is 0 Å². The smallest absolute Gasteiger partial charge is 0.338 e. The van der Waals surface area contributed by atoms with Gasteiger partial charge in [0.05, 0.1) is 23.8 Å². The molecule has 0 aliphatic carbocycles. The zero-order valence-electron chi connectivity index (χ0n) is 22.3. The van der Waals surface area contributed by atoms with Gasteiger partial charge < -0.3 is 19.5 Å². The van der Waals surface area contributed by atoms with Crippen LogP contribution in [0.5, 0.6) is 11.5 Å². The number of nitrogens with one attached hydrogen (secondary N) is 1. The fourth-order valence-corrected chi connectivity index (χ4v) is 5.37. The van der Waals surface area contributed by atoms with Gasteiger partial charge in [-0.2, -0.15) is 4.98 Å². The first-order chi connectivity index (χ1) is 18.4. The second-order valence-electron chi connectivity index (χ2n) is 8.90. The summed E-state index contributed by atoms with van der Waals surface area (Å²) in [4.78, 5) is 18.0. The topological polar surface area (TPSA) is 87.5 Å². The van der Waals surface area contributed by atoms with Crippen LogP contribution in [0, 0.1) is 6.92 Å². The first-order valence-corrected chi connectivity index (χ1v) is 14.4. The molecule has 2 heterocycles. The number of methoxy groups -OCH3 is 1. The Balaban J connectivity index is 1.75. The lowest BCUT2D eigenvalue weighted by molar-refractivity contribution is -0.139. The summed E-state index contributed by atoms with van der Waals surface area (Å²) in [5, 5.41) is 8.61. The highest BCUT2D eigenvalue weighted by Gasteiger charge is 2.36. The van der Waals surface area contributed by atoms with Crippen molar-refractivity contribution in [2.45, 2.75) is 58.3 Å². The predicted molar refractivity (Wildman–Crippen MR) is 153 cm³/mol. The van der Waals surface area contributed by atoms with Crippen LogP contribution >= 0.6 is 27.7 Å². The predicted octanol–water partition coefficient (Wildman–Crippen LogP) is 6.68. The van der Waals surface area contributed by atoms with Crippen LogP contribution in [0.1, 0.15) is 56.3 Å². The standard InChI is InChI=1S/C28H33BrN4O4S/c1-6-8-13-36-26(34)23-18(4)30-27-31-28(38-7-2)32-33(27)24(23)20-14-21(29)25(22(15-20)35-5)37-16-19-12-10-9-11-17(19)3/h9-12,14-15,24H,6-8,13,16H2,1-5H3,(H,30,31,32). The minimum atomic E-state index is -0.560. The number of fused-ring (bicyclic) bond motifs is 1. The van der Waals surface area contributed by atoms with Gasteiger partial charge in [-0.1, -0.05) is 56.3 Å². The number of hydrogen-bond donors (Lipinski definition) is 1. The average Bonchev–Trinajstić information content (AvgIpc) is 3.29. The van der Waals surface area contributed by atoms with E-state index in [0.29, 0.717) is 51.6 Å². The van der Waals surface area contributed by atoms with Gasteiger partial charge in [0.1, 0.15) is 12.6 Å². The Hall–Kier alpha value is -2.98. The average molecular weight is 602 g/mol. The maximum absolute atomic E-state index is 13.4. The maximum atomic E-state index is 13.4. The minimum Gasteiger partial charge on any atom is -0.493 e. The van der Waals surface area contributed by atoms with E-state index in [4.69, 9.17) is 19.3 Å². The zero-order valence-corrected chi connectivity index (χ0v) is 24.7. The van der Waals surface area contributed by atoms with Gasteiger partial charge in [0.15, 0.2) is 11.5 Å². The van der Waals surface area contributed by atoms with Gasteiger partial charge in [-0.05, 0) is 70.8 Å². The van der Waals surface area contributed by atoms with Crippen molar-refractivity contribution in [3.8, 4) is 11.5 Å². The molecule has 1 aromatic heterocycles. The van der Waals surface area contributed by atoms with Gasteiger partial charge >= 0.3 is 5.97 Å². The zero-order chi connectivity index (χ0) is 27.2. The van der Waals surface area contributed by atoms with Crippen LogP contribution < -0.4 is 14.8 Å². The number of thioether (sulfide) groups is 1. The fraction of sp³-hybridized carbons (Fsp3) is 0.393. The Morgan fingerprint density at radius 3 is 2.71 bits per heavy atom. The molecule has 0 radical (unpaired) electrons. The molecule has 0 bridgehead atoms. The number of carbonyl (C=O) groups is 1. The van der Waals surface area contributed by atoms with E-state index in [1.54, 1.807) is 23.6 Å². The number of halogens is 1. The van der Waals surface area contributed by atoms with Crippen molar-refractivity contribution < 1.29 is 19.0 Å². The highest BCUT2D eigenvalue weighted by atomic mass is 79.9. The van der Waals surface area contributed by atoms with E-state index < -0.39 is 6.04 Å². The van der Waals surface area contributed by atoms with Crippen LogP contribution in [0.4, 0.5) is 5.95 Å². The molecule has 2 aromatic carbocycles. The molecule has 8 nitrogen and oxygen atoms in total. The van der Waals surface area contributed by atoms with Crippen LogP contribution in [0.3, 0.4) is 0 Å². The molecule has 1 aliphatic heterocycles. The molecule has 0 saturated heterocycles. The summed E-state index contributed by atoms with van der Waals surface area (Å²) >= 11 is 5.23. The molecule has 0 saturated carbocycles. The number of allylic oxidation sites excluding steroid dienone is 1. The third kappa shape index (κ3) is 6.02. The quantitative estimate of drug-likeness (QED) is 0.148. The number of aryl methyl sites for hydroxylation is 1. The SMILES string of the molecule is CCCCOC(=O)C1=C(C)Nc2nc(SCC)nn2C1c1cc(Br)c(OCc2ccccc2C)c(OC)c1. The molecule has 38 heavy (non-hydrogen) atoms. The number of hydrogen-bond acceptors (Lipinski definition) is 8. The number of nitrogens with zero attached hydrogens (tertiary/aromatic N) is 3. The molecule has 1 unspecified atom stereocenters. The Bertz CT molecular complexity index is 1340. The van der Waals surface area contributed by atoms with Gasteiger partial charge in [0.2, 0.25) is 11.1 Å². The van der Waals surface area contributed by atoms with Crippen molar-refractivity contribution in [3.05, 3.63) is 68.8 Å². The Labute approximate surface area is 236 Å². The number of rotatable bonds is 11. The lowest BCUT2D eigenvalue weighted by Crippen LogP contribution is -2.30. The second kappa shape index (κ2) is 12.7. The van der Waals surface area contributed by atoms with Crippen molar-refractivity contribution in [2.24, 2.45) is 0 Å². The molecule has 3 aromatic rings. The van der Waals surface area contributed by atoms with E-state index in [1.165, 1.54) is 0 Å².